The number of morpholine rings is 1. The minimum Gasteiger partial charge on any atom is -0.385 e. The monoisotopic (exact) mass is 400 g/mol. The predicted molar refractivity (Wildman–Crippen MR) is 112 cm³/mol. The number of allylic oxidation sites excluding steroid dienone is 1. The van der Waals surface area contributed by atoms with Crippen molar-refractivity contribution in [3.8, 4) is 0 Å². The number of methoxy groups -OCH3 is 1. The van der Waals surface area contributed by atoms with E-state index in [1.54, 1.807) is 7.11 Å². The number of nitrogens with zero attached hydrogens (tertiary/aromatic N) is 2. The molecule has 2 N–H and O–H groups in total. The van der Waals surface area contributed by atoms with Gasteiger partial charge >= 0.3 is 0 Å². The van der Waals surface area contributed by atoms with Crippen molar-refractivity contribution in [1.82, 2.24) is 20.1 Å². The Morgan fingerprint density at radius 3 is 3.03 bits per heavy atom. The van der Waals surface area contributed by atoms with Crippen LogP contribution in [0.1, 0.15) is 31.2 Å². The molecule has 29 heavy (non-hydrogen) atoms. The van der Waals surface area contributed by atoms with Crippen molar-refractivity contribution in [1.29, 1.82) is 0 Å². The molecular formula is C22H32N4O3. The second-order valence-electron chi connectivity index (χ2n) is 7.94. The molecule has 1 saturated heterocycles. The van der Waals surface area contributed by atoms with Crippen LogP contribution in [0.15, 0.2) is 18.5 Å². The average Bonchev–Trinajstić information content (AvgIpc) is 3.57. The Morgan fingerprint density at radius 1 is 1.38 bits per heavy atom. The van der Waals surface area contributed by atoms with Gasteiger partial charge in [-0.2, -0.15) is 0 Å². The topological polar surface area (TPSA) is 67.8 Å². The molecule has 1 amide bonds. The summed E-state index contributed by atoms with van der Waals surface area (Å²) in [6, 6.07) is 0.342. The van der Waals surface area contributed by atoms with Crippen LogP contribution in [0.2, 0.25) is 0 Å². The molecule has 1 aliphatic carbocycles. The smallest absolute Gasteiger partial charge is 0.253 e. The molecule has 2 fully saturated rings. The zero-order valence-corrected chi connectivity index (χ0v) is 17.2. The maximum atomic E-state index is 13.2. The molecule has 7 heteroatoms. The Bertz CT molecular complexity index is 850. The molecule has 7 nitrogen and oxygen atoms in total. The Hall–Kier alpha value is -2.09. The summed E-state index contributed by atoms with van der Waals surface area (Å²) in [5.41, 5.74) is 1.18. The number of hydrogen-bond donors (Lipinski definition) is 2. The van der Waals surface area contributed by atoms with E-state index in [1.165, 1.54) is 16.1 Å². The summed E-state index contributed by atoms with van der Waals surface area (Å²) in [6.45, 7) is 4.37. The molecule has 1 atom stereocenters. The van der Waals surface area contributed by atoms with Gasteiger partial charge in [0.1, 0.15) is 6.10 Å². The van der Waals surface area contributed by atoms with Gasteiger partial charge in [0, 0.05) is 75.1 Å². The third kappa shape index (κ3) is 4.91. The minimum absolute atomic E-state index is 0.116. The molecule has 1 saturated carbocycles. The lowest BCUT2D eigenvalue weighted by Gasteiger charge is -2.29. The van der Waals surface area contributed by atoms with Gasteiger partial charge in [0.2, 0.25) is 0 Å². The van der Waals surface area contributed by atoms with E-state index in [4.69, 9.17) is 9.47 Å². The first-order valence-corrected chi connectivity index (χ1v) is 10.7. The largest absolute Gasteiger partial charge is 0.385 e. The number of nitrogens with one attached hydrogen (secondary N) is 2. The summed E-state index contributed by atoms with van der Waals surface area (Å²) in [4.78, 5) is 15.2. The highest BCUT2D eigenvalue weighted by Crippen LogP contribution is 2.29. The highest BCUT2D eigenvalue weighted by atomic mass is 16.5. The van der Waals surface area contributed by atoms with E-state index in [0.717, 1.165) is 45.4 Å². The van der Waals surface area contributed by atoms with Gasteiger partial charge in [-0.3, -0.25) is 4.79 Å². The van der Waals surface area contributed by atoms with Gasteiger partial charge in [0.05, 0.1) is 6.61 Å². The molecule has 0 unspecified atom stereocenters. The maximum absolute atomic E-state index is 13.2. The summed E-state index contributed by atoms with van der Waals surface area (Å²) < 4.78 is 13.2. The normalized spacial score (nSPS) is 20.8. The first-order chi connectivity index (χ1) is 14.3. The second kappa shape index (κ2) is 9.61. The van der Waals surface area contributed by atoms with E-state index in [0.29, 0.717) is 25.7 Å². The zero-order valence-electron chi connectivity index (χ0n) is 17.2. The predicted octanol–water partition coefficient (Wildman–Crippen LogP) is 0.0295. The van der Waals surface area contributed by atoms with Crippen LogP contribution in [0.3, 0.4) is 0 Å². The first kappa shape index (κ1) is 20.2. The molecule has 0 radical (unpaired) electrons. The van der Waals surface area contributed by atoms with E-state index >= 15 is 0 Å². The third-order valence-corrected chi connectivity index (χ3v) is 5.73. The van der Waals surface area contributed by atoms with Gasteiger partial charge in [-0.15, -0.1) is 0 Å². The lowest BCUT2D eigenvalue weighted by molar-refractivity contribution is -0.146. The van der Waals surface area contributed by atoms with E-state index in [2.05, 4.69) is 27.5 Å². The summed E-state index contributed by atoms with van der Waals surface area (Å²) in [6.07, 6.45) is 14.3. The Balaban J connectivity index is 1.56. The maximum Gasteiger partial charge on any atom is 0.253 e. The average molecular weight is 401 g/mol. The highest BCUT2D eigenvalue weighted by molar-refractivity contribution is 5.82. The van der Waals surface area contributed by atoms with Gasteiger partial charge in [-0.25, -0.2) is 0 Å². The summed E-state index contributed by atoms with van der Waals surface area (Å²) in [7, 11) is 1.74. The van der Waals surface area contributed by atoms with Crippen molar-refractivity contribution >= 4 is 18.2 Å². The van der Waals surface area contributed by atoms with Crippen LogP contribution in [0.25, 0.3) is 12.3 Å². The fourth-order valence-corrected chi connectivity index (χ4v) is 4.03. The Labute approximate surface area is 172 Å². The fourth-order valence-electron chi connectivity index (χ4n) is 4.03. The number of rotatable bonds is 9. The van der Waals surface area contributed by atoms with Gasteiger partial charge in [0.15, 0.2) is 0 Å². The van der Waals surface area contributed by atoms with Crippen LogP contribution in [0, 0.1) is 0 Å². The number of ether oxygens (including phenoxy) is 2. The number of aryl methyl sites for hydroxylation is 1. The lowest BCUT2D eigenvalue weighted by Crippen LogP contribution is -2.50. The second-order valence-corrected chi connectivity index (χ2v) is 7.94. The van der Waals surface area contributed by atoms with Crippen molar-refractivity contribution in [3.05, 3.63) is 34.6 Å². The Morgan fingerprint density at radius 2 is 2.28 bits per heavy atom. The number of amides is 1. The number of unbranched alkanes of at least 4 members (excludes halogenated alkanes) is 1. The summed E-state index contributed by atoms with van der Waals surface area (Å²) in [5, 5.41) is 8.87. The van der Waals surface area contributed by atoms with Crippen LogP contribution in [-0.4, -0.2) is 60.9 Å². The molecule has 4 rings (SSSR count). The van der Waals surface area contributed by atoms with Crippen LogP contribution in [-0.2, 0) is 27.4 Å². The number of aromatic nitrogens is 1. The molecular weight excluding hydrogens is 368 g/mol. The fraction of sp³-hybridized carbons (Fsp3) is 0.591. The molecule has 0 bridgehead atoms. The molecule has 0 aromatic carbocycles. The van der Waals surface area contributed by atoms with Crippen molar-refractivity contribution in [2.75, 3.05) is 33.4 Å². The van der Waals surface area contributed by atoms with Gasteiger partial charge in [-0.1, -0.05) is 0 Å². The third-order valence-electron chi connectivity index (χ3n) is 5.73. The molecule has 3 heterocycles. The van der Waals surface area contributed by atoms with Crippen molar-refractivity contribution in [2.45, 2.75) is 50.9 Å². The van der Waals surface area contributed by atoms with Gasteiger partial charge in [0.25, 0.3) is 5.91 Å². The van der Waals surface area contributed by atoms with Crippen LogP contribution in [0.5, 0.6) is 0 Å². The van der Waals surface area contributed by atoms with Gasteiger partial charge < -0.3 is 29.6 Å². The molecule has 3 aliphatic rings. The zero-order chi connectivity index (χ0) is 20.1. The summed E-state index contributed by atoms with van der Waals surface area (Å²) >= 11 is 0. The standard InChI is InChI=1S/C22H32N4O3/c1-28-11-3-2-10-25-15-17(19-13-23-8-4-5-20(19)25)16-26(18-6-7-18)22(27)21-14-24-9-12-29-21/h4-5,8,13,15,18,21,23-24H,2-3,6-7,9-12,14,16H2,1H3/t21-/m1/s1. The summed E-state index contributed by atoms with van der Waals surface area (Å²) in [5.74, 6) is 0.116. The van der Waals surface area contributed by atoms with Crippen LogP contribution in [0.4, 0.5) is 0 Å². The molecule has 158 valence electrons. The van der Waals surface area contributed by atoms with E-state index < -0.39 is 0 Å². The minimum atomic E-state index is -0.366. The highest BCUT2D eigenvalue weighted by Gasteiger charge is 2.37. The first-order valence-electron chi connectivity index (χ1n) is 10.7. The SMILES string of the molecule is COCCCCn1cc(CN(C(=O)[C@H]2CNCCO2)C2CC2)c2c1=CC=CNC=2. The van der Waals surface area contributed by atoms with Crippen molar-refractivity contribution < 1.29 is 14.3 Å². The quantitative estimate of drug-likeness (QED) is 0.573. The number of carbonyl (C=O) groups is 1. The van der Waals surface area contributed by atoms with Crippen molar-refractivity contribution in [3.63, 3.8) is 0 Å². The number of fused-ring (bicyclic) bond motifs is 1. The molecule has 2 aliphatic heterocycles. The Kier molecular flexibility index (Phi) is 6.69. The number of carbonyl (C=O) groups excluding carboxylic acids is 1. The van der Waals surface area contributed by atoms with Crippen LogP contribution >= 0.6 is 0 Å². The number of hydrogen-bond acceptors (Lipinski definition) is 5. The van der Waals surface area contributed by atoms with E-state index in [-0.39, 0.29) is 12.0 Å². The lowest BCUT2D eigenvalue weighted by atomic mass is 10.2. The molecule has 0 spiro atoms. The van der Waals surface area contributed by atoms with Gasteiger partial charge in [-0.05, 0) is 43.4 Å². The van der Waals surface area contributed by atoms with Crippen molar-refractivity contribution in [2.24, 2.45) is 0 Å². The molecule has 1 aromatic rings. The van der Waals surface area contributed by atoms with E-state index in [9.17, 15) is 4.79 Å². The van der Waals surface area contributed by atoms with E-state index in [1.807, 2.05) is 23.4 Å². The van der Waals surface area contributed by atoms with Crippen LogP contribution < -0.4 is 21.2 Å². The molecule has 1 aromatic heterocycles.